The maximum atomic E-state index is 12.7. The number of azo groups is 1. The highest BCUT2D eigenvalue weighted by Crippen LogP contribution is 2.47. The number of hydrogen-bond acceptors (Lipinski definition) is 10. The molecule has 13 heteroatoms. The Balaban J connectivity index is 1.54. The lowest BCUT2D eigenvalue weighted by Gasteiger charge is -2.22. The molecule has 0 radical (unpaired) electrons. The fraction of sp³-hybridized carbons (Fsp3) is 0.433. The van der Waals surface area contributed by atoms with E-state index < -0.39 is 22.8 Å². The lowest BCUT2D eigenvalue weighted by Crippen LogP contribution is -2.25. The number of amides is 1. The number of aliphatic hydroxyl groups excluding tert-OH is 1. The van der Waals surface area contributed by atoms with Crippen molar-refractivity contribution < 1.29 is 34.3 Å². The van der Waals surface area contributed by atoms with E-state index in [0.29, 0.717) is 24.9 Å². The van der Waals surface area contributed by atoms with Crippen molar-refractivity contribution in [2.45, 2.75) is 51.4 Å². The first-order valence-electron chi connectivity index (χ1n) is 14.3. The maximum absolute atomic E-state index is 12.7. The van der Waals surface area contributed by atoms with Crippen molar-refractivity contribution in [2.75, 3.05) is 31.7 Å². The van der Waals surface area contributed by atoms with Gasteiger partial charge in [-0.25, -0.2) is 0 Å². The Morgan fingerprint density at radius 3 is 2.65 bits per heavy atom. The van der Waals surface area contributed by atoms with Crippen LogP contribution in [0.25, 0.3) is 0 Å². The van der Waals surface area contributed by atoms with Crippen LogP contribution in [0.5, 0.6) is 0 Å². The lowest BCUT2D eigenvalue weighted by atomic mass is 9.84. The van der Waals surface area contributed by atoms with E-state index in [9.17, 15) is 24.5 Å². The van der Waals surface area contributed by atoms with E-state index in [1.165, 1.54) is 12.1 Å². The summed E-state index contributed by atoms with van der Waals surface area (Å²) >= 11 is 0. The monoisotopic (exact) mass is 596 g/mol. The quantitative estimate of drug-likeness (QED) is 0.0773. The number of carbonyl (C=O) groups excluding carboxylic acids is 2. The number of nitrogens with zero attached hydrogens (tertiary/aromatic N) is 4. The van der Waals surface area contributed by atoms with Crippen LogP contribution in [0.2, 0.25) is 0 Å². The van der Waals surface area contributed by atoms with Crippen LogP contribution in [0.4, 0.5) is 22.7 Å². The molecule has 0 bridgehead atoms. The van der Waals surface area contributed by atoms with Gasteiger partial charge in [0.05, 0.1) is 30.1 Å². The number of rotatable bonds is 16. The molecule has 1 amide bonds. The van der Waals surface area contributed by atoms with E-state index in [1.807, 2.05) is 24.1 Å². The topological polar surface area (TPSA) is 184 Å². The smallest absolute Gasteiger partial charge is 0.306 e. The number of fused-ring (bicyclic) bond motifs is 1. The van der Waals surface area contributed by atoms with Crippen molar-refractivity contribution in [3.8, 4) is 0 Å². The molecule has 0 aliphatic carbocycles. The van der Waals surface area contributed by atoms with Crippen LogP contribution in [0.15, 0.2) is 58.9 Å². The fourth-order valence-electron chi connectivity index (χ4n) is 4.68. The van der Waals surface area contributed by atoms with E-state index in [4.69, 9.17) is 11.3 Å². The largest absolute Gasteiger partial charge is 0.481 e. The third-order valence-electron chi connectivity index (χ3n) is 7.43. The number of nitro benzene ring substituents is 1. The fourth-order valence-corrected chi connectivity index (χ4v) is 4.68. The number of esters is 1. The normalized spacial score (nSPS) is 14.7. The van der Waals surface area contributed by atoms with Gasteiger partial charge in [-0.2, -0.15) is 5.11 Å². The van der Waals surface area contributed by atoms with Crippen molar-refractivity contribution in [1.29, 1.82) is 1.43 Å². The summed E-state index contributed by atoms with van der Waals surface area (Å²) < 4.78 is 12.0. The highest BCUT2D eigenvalue weighted by atomic mass is 16.6. The average Bonchev–Trinajstić information content (AvgIpc) is 3.16. The molecule has 13 nitrogen and oxygen atoms in total. The van der Waals surface area contributed by atoms with Crippen LogP contribution in [-0.4, -0.2) is 61.2 Å². The molecular formula is C30H37N5O8. The highest BCUT2D eigenvalue weighted by Gasteiger charge is 2.37. The van der Waals surface area contributed by atoms with E-state index in [-0.39, 0.29) is 60.9 Å². The van der Waals surface area contributed by atoms with Crippen molar-refractivity contribution in [2.24, 2.45) is 16.1 Å². The second kappa shape index (κ2) is 14.5. The molecule has 3 rings (SSSR count). The molecule has 2 aromatic rings. The second-order valence-corrected chi connectivity index (χ2v) is 10.9. The average molecular weight is 597 g/mol. The Morgan fingerprint density at radius 1 is 1.19 bits per heavy atom. The van der Waals surface area contributed by atoms with Crippen LogP contribution >= 0.6 is 0 Å². The number of nitro groups is 1. The number of allylic oxidation sites excluding steroid dienone is 1. The molecule has 0 aromatic heterocycles. The Labute approximate surface area is 250 Å². The van der Waals surface area contributed by atoms with Crippen molar-refractivity contribution in [3.63, 3.8) is 0 Å². The lowest BCUT2D eigenvalue weighted by molar-refractivity contribution is -0.384. The van der Waals surface area contributed by atoms with Crippen molar-refractivity contribution >= 4 is 40.6 Å². The number of carboxylic acid groups (broad SMARTS) is 1. The van der Waals surface area contributed by atoms with E-state index >= 15 is 0 Å². The number of carbonyl (C=O) groups is 3. The molecule has 0 saturated carbocycles. The van der Waals surface area contributed by atoms with Gasteiger partial charge in [-0.3, -0.25) is 24.5 Å². The van der Waals surface area contributed by atoms with Crippen LogP contribution < -0.4 is 10.2 Å². The first-order valence-corrected chi connectivity index (χ1v) is 13.9. The summed E-state index contributed by atoms with van der Waals surface area (Å²) in [6.07, 6.45) is 1.16. The zero-order chi connectivity index (χ0) is 32.4. The number of ether oxygens (including phenoxy) is 1. The number of unbranched alkanes of at least 4 members (excludes halogenated alkanes) is 1. The zero-order valence-corrected chi connectivity index (χ0v) is 24.5. The summed E-state index contributed by atoms with van der Waals surface area (Å²) in [5.41, 5.74) is 2.98. The minimum Gasteiger partial charge on any atom is -0.481 e. The molecule has 0 saturated heterocycles. The molecular weight excluding hydrogens is 558 g/mol. The maximum Gasteiger partial charge on any atom is 0.306 e. The minimum absolute atomic E-state index is 0.00535. The van der Waals surface area contributed by atoms with E-state index in [0.717, 1.165) is 23.0 Å². The number of benzene rings is 2. The van der Waals surface area contributed by atoms with Gasteiger partial charge >= 0.3 is 11.9 Å². The summed E-state index contributed by atoms with van der Waals surface area (Å²) in [6, 6.07) is 9.56. The van der Waals surface area contributed by atoms with Gasteiger partial charge in [0.25, 0.3) is 11.6 Å². The Hall–Kier alpha value is -4.65. The molecule has 230 valence electrons. The molecule has 3 N–H and O–H groups in total. The summed E-state index contributed by atoms with van der Waals surface area (Å²) in [4.78, 5) is 48.0. The number of likely N-dealkylation sites (N-methyl/N-ethyl adjacent to an activating group) is 1. The van der Waals surface area contributed by atoms with Gasteiger partial charge in [0.1, 0.15) is 0 Å². The minimum atomic E-state index is -1.10. The first-order chi connectivity index (χ1) is 20.8. The summed E-state index contributed by atoms with van der Waals surface area (Å²) in [7, 11) is 1.95. The molecule has 43 heavy (non-hydrogen) atoms. The molecule has 2 aromatic carbocycles. The van der Waals surface area contributed by atoms with Crippen LogP contribution in [0.1, 0.15) is 61.9 Å². The number of aliphatic carboxylic acids is 1. The Morgan fingerprint density at radius 2 is 1.95 bits per heavy atom. The predicted octanol–water partition coefficient (Wildman–Crippen LogP) is 5.17. The van der Waals surface area contributed by atoms with Gasteiger partial charge in [0.2, 0.25) is 1.43 Å². The van der Waals surface area contributed by atoms with Crippen molar-refractivity contribution in [3.05, 3.63) is 69.9 Å². The number of nitrogens with one attached hydrogen (secondary N) is 1. The van der Waals surface area contributed by atoms with Gasteiger partial charge in [-0.1, -0.05) is 26.8 Å². The number of hydrogen-bond donors (Lipinski definition) is 3. The second-order valence-electron chi connectivity index (χ2n) is 10.9. The molecule has 1 unspecified atom stereocenters. The van der Waals surface area contributed by atoms with E-state index in [1.54, 1.807) is 6.07 Å². The molecule has 0 spiro atoms. The Bertz CT molecular complexity index is 1440. The van der Waals surface area contributed by atoms with Gasteiger partial charge in [0, 0.05) is 54.5 Å². The predicted molar refractivity (Wildman–Crippen MR) is 159 cm³/mol. The zero-order valence-electron chi connectivity index (χ0n) is 25.5. The molecule has 1 aliphatic heterocycles. The van der Waals surface area contributed by atoms with Crippen LogP contribution in [0, 0.1) is 16.0 Å². The van der Waals surface area contributed by atoms with Gasteiger partial charge in [-0.05, 0) is 48.7 Å². The van der Waals surface area contributed by atoms with Gasteiger partial charge in [-0.15, -0.1) is 5.11 Å². The van der Waals surface area contributed by atoms with Crippen LogP contribution in [0.3, 0.4) is 0 Å². The van der Waals surface area contributed by atoms with Crippen LogP contribution in [-0.2, 0) is 19.7 Å². The summed E-state index contributed by atoms with van der Waals surface area (Å²) in [5.74, 6) is -2.48. The number of anilines is 1. The molecule has 1 aliphatic rings. The molecule has 0 fully saturated rings. The number of aliphatic hydroxyl groups is 1. The standard InChI is InChI=1S/C30H37N5O8/c1-19-30(2,3)23-16-22(9-11-25(23)34(19)4)32-33-24-10-8-21(15-26(24)35(41)42)29(40)31-14-6-5-7-20(17-36)18-43-28(39)13-12-27(37)38/h8-11,15-16,20,36H,1,5-7,12-14,17-18H2,2-4H3,(H,31,40)(H,37,38)/b33-32-/i36D. The van der Waals surface area contributed by atoms with Crippen molar-refractivity contribution in [1.82, 2.24) is 5.32 Å². The third-order valence-corrected chi connectivity index (χ3v) is 7.43. The number of carboxylic acids is 1. The van der Waals surface area contributed by atoms with Gasteiger partial charge < -0.3 is 25.2 Å². The van der Waals surface area contributed by atoms with Gasteiger partial charge in [0.15, 0.2) is 5.69 Å². The molecule has 1 atom stereocenters. The van der Waals surface area contributed by atoms with E-state index in [2.05, 4.69) is 41.1 Å². The Kier molecular flexibility index (Phi) is 10.5. The SMILES string of the molecule is [2H]OCC(CCCCNC(=O)c1ccc(/N=N\c2ccc3c(c2)C(C)(C)C(=C)N3C)c([N+](=O)[O-])c1)COC(=O)CCC(=O)O. The molecule has 1 heterocycles. The highest BCUT2D eigenvalue weighted by molar-refractivity contribution is 5.95. The third kappa shape index (κ3) is 8.44. The summed E-state index contributed by atoms with van der Waals surface area (Å²) in [5, 5.41) is 35.9. The summed E-state index contributed by atoms with van der Waals surface area (Å²) in [6.45, 7) is 8.61. The first kappa shape index (κ1) is 31.3.